The molecule has 0 atom stereocenters. The zero-order valence-electron chi connectivity index (χ0n) is 10.4. The molecule has 2 aromatic rings. The van der Waals surface area contributed by atoms with Gasteiger partial charge in [0, 0.05) is 12.2 Å². The molecule has 0 bridgehead atoms. The second-order valence-electron chi connectivity index (χ2n) is 4.23. The highest BCUT2D eigenvalue weighted by Gasteiger charge is 2.04. The van der Waals surface area contributed by atoms with E-state index < -0.39 is 5.82 Å². The second kappa shape index (κ2) is 5.49. The van der Waals surface area contributed by atoms with Crippen LogP contribution in [-0.4, -0.2) is 0 Å². The highest BCUT2D eigenvalue weighted by Crippen LogP contribution is 2.16. The molecule has 0 aliphatic carbocycles. The van der Waals surface area contributed by atoms with E-state index in [1.54, 1.807) is 19.1 Å². The summed E-state index contributed by atoms with van der Waals surface area (Å²) in [7, 11) is 0. The monoisotopic (exact) mass is 258 g/mol. The molecule has 0 aromatic heterocycles. The standard InChI is InChI=1S/C15H12F2N2/c1-10-2-5-14(7-15(10)17)19-9-12-6-13(16)4-3-11(12)8-18/h2-7,19H,9H2,1H3. The number of hydrogen-bond donors (Lipinski definition) is 1. The fraction of sp³-hybridized carbons (Fsp3) is 0.133. The van der Waals surface area contributed by atoms with Crippen LogP contribution in [0.3, 0.4) is 0 Å². The average Bonchev–Trinajstić information content (AvgIpc) is 2.40. The van der Waals surface area contributed by atoms with Crippen molar-refractivity contribution in [3.63, 3.8) is 0 Å². The molecule has 2 rings (SSSR count). The van der Waals surface area contributed by atoms with Gasteiger partial charge in [0.2, 0.25) is 0 Å². The summed E-state index contributed by atoms with van der Waals surface area (Å²) in [6, 6.07) is 10.8. The van der Waals surface area contributed by atoms with Crippen LogP contribution in [0.1, 0.15) is 16.7 Å². The van der Waals surface area contributed by atoms with Crippen molar-refractivity contribution < 1.29 is 8.78 Å². The predicted molar refractivity (Wildman–Crippen MR) is 69.6 cm³/mol. The van der Waals surface area contributed by atoms with Crippen molar-refractivity contribution in [2.24, 2.45) is 0 Å². The first-order valence-corrected chi connectivity index (χ1v) is 5.78. The zero-order valence-corrected chi connectivity index (χ0v) is 10.4. The average molecular weight is 258 g/mol. The van der Waals surface area contributed by atoms with Crippen molar-refractivity contribution in [2.45, 2.75) is 13.5 Å². The first kappa shape index (κ1) is 13.0. The molecular weight excluding hydrogens is 246 g/mol. The third-order valence-electron chi connectivity index (χ3n) is 2.84. The molecule has 0 heterocycles. The van der Waals surface area contributed by atoms with Gasteiger partial charge in [-0.15, -0.1) is 0 Å². The van der Waals surface area contributed by atoms with Gasteiger partial charge < -0.3 is 5.32 Å². The molecule has 0 saturated heterocycles. The Morgan fingerprint density at radius 1 is 1.16 bits per heavy atom. The quantitative estimate of drug-likeness (QED) is 0.909. The van der Waals surface area contributed by atoms with Gasteiger partial charge in [0.15, 0.2) is 0 Å². The molecule has 0 radical (unpaired) electrons. The van der Waals surface area contributed by atoms with Gasteiger partial charge in [-0.25, -0.2) is 8.78 Å². The number of nitriles is 1. The third kappa shape index (κ3) is 3.08. The van der Waals surface area contributed by atoms with Crippen LogP contribution >= 0.6 is 0 Å². The topological polar surface area (TPSA) is 35.8 Å². The third-order valence-corrected chi connectivity index (χ3v) is 2.84. The molecule has 19 heavy (non-hydrogen) atoms. The number of halogens is 2. The number of nitrogens with zero attached hydrogens (tertiary/aromatic N) is 1. The van der Waals surface area contributed by atoms with Crippen molar-refractivity contribution in [3.05, 3.63) is 64.7 Å². The van der Waals surface area contributed by atoms with Crippen molar-refractivity contribution in [1.29, 1.82) is 5.26 Å². The van der Waals surface area contributed by atoms with Gasteiger partial charge in [0.1, 0.15) is 11.6 Å². The van der Waals surface area contributed by atoms with Gasteiger partial charge in [-0.1, -0.05) is 6.07 Å². The molecule has 0 spiro atoms. The molecule has 0 amide bonds. The summed E-state index contributed by atoms with van der Waals surface area (Å²) in [5.41, 5.74) is 2.11. The number of aryl methyl sites for hydroxylation is 1. The van der Waals surface area contributed by atoms with Gasteiger partial charge in [-0.3, -0.25) is 0 Å². The number of anilines is 1. The minimum atomic E-state index is -0.397. The maximum atomic E-state index is 13.4. The summed E-state index contributed by atoms with van der Waals surface area (Å²) in [6.07, 6.45) is 0. The summed E-state index contributed by atoms with van der Waals surface area (Å²) in [5.74, 6) is -0.698. The largest absolute Gasteiger partial charge is 0.381 e. The Morgan fingerprint density at radius 2 is 1.95 bits per heavy atom. The van der Waals surface area contributed by atoms with E-state index in [0.29, 0.717) is 22.4 Å². The first-order chi connectivity index (χ1) is 9.10. The lowest BCUT2D eigenvalue weighted by molar-refractivity contribution is 0.618. The van der Waals surface area contributed by atoms with Gasteiger partial charge in [0.25, 0.3) is 0 Å². The van der Waals surface area contributed by atoms with Gasteiger partial charge >= 0.3 is 0 Å². The van der Waals surface area contributed by atoms with E-state index in [-0.39, 0.29) is 12.4 Å². The molecule has 1 N–H and O–H groups in total. The van der Waals surface area contributed by atoms with Crippen LogP contribution < -0.4 is 5.32 Å². The van der Waals surface area contributed by atoms with Gasteiger partial charge in [-0.2, -0.15) is 5.26 Å². The van der Waals surface area contributed by atoms with Crippen molar-refractivity contribution in [3.8, 4) is 6.07 Å². The van der Waals surface area contributed by atoms with Crippen molar-refractivity contribution >= 4 is 5.69 Å². The Bertz CT molecular complexity index is 645. The lowest BCUT2D eigenvalue weighted by atomic mass is 10.1. The van der Waals surface area contributed by atoms with E-state index in [0.717, 1.165) is 0 Å². The minimum Gasteiger partial charge on any atom is -0.381 e. The van der Waals surface area contributed by atoms with Crippen LogP contribution in [0, 0.1) is 29.9 Å². The van der Waals surface area contributed by atoms with Crippen LogP contribution in [0.4, 0.5) is 14.5 Å². The lowest BCUT2D eigenvalue weighted by Gasteiger charge is -2.09. The maximum absolute atomic E-state index is 13.4. The van der Waals surface area contributed by atoms with E-state index in [9.17, 15) is 8.78 Å². The van der Waals surface area contributed by atoms with Crippen LogP contribution in [-0.2, 0) is 6.54 Å². The summed E-state index contributed by atoms with van der Waals surface area (Å²) in [4.78, 5) is 0. The number of benzene rings is 2. The Morgan fingerprint density at radius 3 is 2.63 bits per heavy atom. The maximum Gasteiger partial charge on any atom is 0.128 e. The molecule has 0 saturated carbocycles. The number of hydrogen-bond acceptors (Lipinski definition) is 2. The highest BCUT2D eigenvalue weighted by molar-refractivity contribution is 5.47. The Labute approximate surface area is 110 Å². The number of nitrogens with one attached hydrogen (secondary N) is 1. The molecule has 0 aliphatic rings. The molecule has 2 nitrogen and oxygen atoms in total. The van der Waals surface area contributed by atoms with E-state index in [1.165, 1.54) is 24.3 Å². The molecule has 0 unspecified atom stereocenters. The molecule has 4 heteroatoms. The van der Waals surface area contributed by atoms with Crippen LogP contribution in [0.5, 0.6) is 0 Å². The summed E-state index contributed by atoms with van der Waals surface area (Å²) in [6.45, 7) is 1.95. The fourth-order valence-electron chi connectivity index (χ4n) is 1.72. The molecule has 0 fully saturated rings. The van der Waals surface area contributed by atoms with Crippen molar-refractivity contribution in [1.82, 2.24) is 0 Å². The Hall–Kier alpha value is -2.41. The van der Waals surface area contributed by atoms with Crippen LogP contribution in [0.25, 0.3) is 0 Å². The van der Waals surface area contributed by atoms with E-state index in [4.69, 9.17) is 5.26 Å². The first-order valence-electron chi connectivity index (χ1n) is 5.78. The smallest absolute Gasteiger partial charge is 0.128 e. The zero-order chi connectivity index (χ0) is 13.8. The van der Waals surface area contributed by atoms with E-state index in [1.807, 2.05) is 6.07 Å². The van der Waals surface area contributed by atoms with E-state index >= 15 is 0 Å². The molecule has 96 valence electrons. The fourth-order valence-corrected chi connectivity index (χ4v) is 1.72. The Balaban J connectivity index is 2.16. The second-order valence-corrected chi connectivity index (χ2v) is 4.23. The summed E-state index contributed by atoms with van der Waals surface area (Å²) < 4.78 is 26.5. The van der Waals surface area contributed by atoms with Gasteiger partial charge in [-0.05, 0) is 48.4 Å². The molecule has 0 aliphatic heterocycles. The van der Waals surface area contributed by atoms with E-state index in [2.05, 4.69) is 5.32 Å². The Kier molecular flexibility index (Phi) is 3.76. The predicted octanol–water partition coefficient (Wildman–Crippen LogP) is 3.76. The number of rotatable bonds is 3. The van der Waals surface area contributed by atoms with Crippen LogP contribution in [0.2, 0.25) is 0 Å². The van der Waals surface area contributed by atoms with Crippen LogP contribution in [0.15, 0.2) is 36.4 Å². The summed E-state index contributed by atoms with van der Waals surface area (Å²) in [5, 5.41) is 11.9. The lowest BCUT2D eigenvalue weighted by Crippen LogP contribution is -2.02. The highest BCUT2D eigenvalue weighted by atomic mass is 19.1. The minimum absolute atomic E-state index is 0.267. The van der Waals surface area contributed by atoms with Crippen molar-refractivity contribution in [2.75, 3.05) is 5.32 Å². The SMILES string of the molecule is Cc1ccc(NCc2cc(F)ccc2C#N)cc1F. The summed E-state index contributed by atoms with van der Waals surface area (Å²) >= 11 is 0. The molecule has 2 aromatic carbocycles. The normalized spacial score (nSPS) is 10.0. The molecular formula is C15H12F2N2. The van der Waals surface area contributed by atoms with Gasteiger partial charge in [0.05, 0.1) is 11.6 Å².